The third-order valence-corrected chi connectivity index (χ3v) is 6.19. The number of para-hydroxylation sites is 1. The summed E-state index contributed by atoms with van der Waals surface area (Å²) in [6.07, 6.45) is -14.2. The molecule has 1 aromatic carbocycles. The first-order chi connectivity index (χ1) is 12.4. The van der Waals surface area contributed by atoms with Crippen LogP contribution in [0.3, 0.4) is 0 Å². The normalized spacial score (nSPS) is 14.0. The minimum Gasteiger partial charge on any atom is -0.790 e. The van der Waals surface area contributed by atoms with Crippen LogP contribution in [-0.4, -0.2) is 23.7 Å². The second kappa shape index (κ2) is 7.79. The van der Waals surface area contributed by atoms with Gasteiger partial charge in [-0.3, -0.25) is 0 Å². The molecule has 1 aromatic heterocycles. The smallest absolute Gasteiger partial charge is 0.459 e. The molecule has 0 spiro atoms. The van der Waals surface area contributed by atoms with Gasteiger partial charge in [0.25, 0.3) is 0 Å². The molecule has 0 saturated heterocycles. The third kappa shape index (κ3) is 4.28. The number of aryl methyl sites for hydroxylation is 1. The van der Waals surface area contributed by atoms with Crippen molar-refractivity contribution in [3.8, 4) is 0 Å². The summed E-state index contributed by atoms with van der Waals surface area (Å²) >= 11 is 1.80. The van der Waals surface area contributed by atoms with Crippen molar-refractivity contribution in [1.82, 2.24) is 0 Å². The Balaban J connectivity index is 0.000000302. The lowest BCUT2D eigenvalue weighted by Gasteiger charge is -2.38. The summed E-state index contributed by atoms with van der Waals surface area (Å²) in [7, 11) is -8.51. The quantitative estimate of drug-likeness (QED) is 0.358. The molecule has 2 aromatic rings. The van der Waals surface area contributed by atoms with E-state index in [9.17, 15) is 53.4 Å². The van der Waals surface area contributed by atoms with Crippen LogP contribution in [0.15, 0.2) is 29.8 Å². The highest BCUT2D eigenvalue weighted by molar-refractivity contribution is 7.59. The Bertz CT molecular complexity index is 831. The van der Waals surface area contributed by atoms with Crippen LogP contribution in [0.5, 0.6) is 0 Å². The van der Waals surface area contributed by atoms with Crippen molar-refractivity contribution in [2.75, 3.05) is 0 Å². The molecule has 0 unspecified atom stereocenters. The Morgan fingerprint density at radius 1 is 0.929 bits per heavy atom. The Hall–Kier alpha value is -1.40. The second-order valence-corrected chi connectivity index (χ2v) is 8.22. The highest BCUT2D eigenvalue weighted by Gasteiger charge is 2.78. The molecule has 0 saturated carbocycles. The molecule has 160 valence electrons. The fourth-order valence-electron chi connectivity index (χ4n) is 1.73. The van der Waals surface area contributed by atoms with Crippen molar-refractivity contribution in [2.45, 2.75) is 37.1 Å². The standard InChI is InChI=1S/C9H10NS.C4HF10O2P/c1-2-10-7-11-9-6-4-3-5-8(9)10;5-1(6,7)3(11,12)17(15,16)4(13,14)2(8,9)10/h3-7H,2H2,1H3;(H,15,16)/q+1;/p-1. The molecule has 0 aliphatic heterocycles. The molecule has 15 heteroatoms. The number of benzene rings is 1. The molecular formula is C13H10F10NO2PS. The van der Waals surface area contributed by atoms with Gasteiger partial charge in [-0.05, 0) is 13.0 Å². The monoisotopic (exact) mass is 465 g/mol. The maximum absolute atomic E-state index is 12.1. The molecule has 0 amide bonds. The van der Waals surface area contributed by atoms with E-state index in [0.717, 1.165) is 6.54 Å². The van der Waals surface area contributed by atoms with Gasteiger partial charge in [0, 0.05) is 6.07 Å². The number of halogens is 10. The first kappa shape index (κ1) is 24.6. The van der Waals surface area contributed by atoms with Crippen LogP contribution in [0.25, 0.3) is 10.2 Å². The van der Waals surface area contributed by atoms with Crippen LogP contribution in [0.2, 0.25) is 0 Å². The zero-order chi connectivity index (χ0) is 22.2. The van der Waals surface area contributed by atoms with Crippen LogP contribution in [-0.2, 0) is 11.1 Å². The van der Waals surface area contributed by atoms with Crippen LogP contribution in [0.1, 0.15) is 6.92 Å². The van der Waals surface area contributed by atoms with Gasteiger partial charge >= 0.3 is 23.7 Å². The third-order valence-electron chi connectivity index (χ3n) is 3.24. The number of rotatable bonds is 3. The lowest BCUT2D eigenvalue weighted by molar-refractivity contribution is -0.663. The molecular weight excluding hydrogens is 455 g/mol. The number of hydrogen-bond donors (Lipinski definition) is 0. The first-order valence-corrected chi connectivity index (χ1v) is 9.48. The van der Waals surface area contributed by atoms with Crippen molar-refractivity contribution >= 4 is 28.9 Å². The summed E-state index contributed by atoms with van der Waals surface area (Å²) in [5, 5.41) is 0. The van der Waals surface area contributed by atoms with Gasteiger partial charge in [0.15, 0.2) is 7.37 Å². The predicted octanol–water partition coefficient (Wildman–Crippen LogP) is 5.14. The molecule has 2 rings (SSSR count). The summed E-state index contributed by atoms with van der Waals surface area (Å²) in [6.45, 7) is 3.23. The van der Waals surface area contributed by atoms with E-state index in [1.165, 1.54) is 10.2 Å². The Morgan fingerprint density at radius 3 is 1.75 bits per heavy atom. The molecule has 3 nitrogen and oxygen atoms in total. The van der Waals surface area contributed by atoms with Crippen molar-refractivity contribution in [2.24, 2.45) is 0 Å². The number of hydrogen-bond acceptors (Lipinski definition) is 3. The summed E-state index contributed by atoms with van der Waals surface area (Å²) in [5.41, 5.74) is -10.9. The van der Waals surface area contributed by atoms with E-state index >= 15 is 0 Å². The van der Waals surface area contributed by atoms with Crippen molar-refractivity contribution in [3.05, 3.63) is 29.8 Å². The van der Waals surface area contributed by atoms with E-state index in [1.54, 1.807) is 11.3 Å². The van der Waals surface area contributed by atoms with E-state index in [1.807, 2.05) is 0 Å². The molecule has 1 heterocycles. The van der Waals surface area contributed by atoms with Crippen LogP contribution in [0, 0.1) is 0 Å². The van der Waals surface area contributed by atoms with Gasteiger partial charge < -0.3 is 9.46 Å². The zero-order valence-corrected chi connectivity index (χ0v) is 15.2. The largest absolute Gasteiger partial charge is 0.790 e. The Labute approximate surface area is 154 Å². The summed E-state index contributed by atoms with van der Waals surface area (Å²) in [4.78, 5) is 10.1. The molecule has 0 fully saturated rings. The Kier molecular flexibility index (Phi) is 6.85. The topological polar surface area (TPSA) is 44.0 Å². The molecule has 0 bridgehead atoms. The number of fused-ring (bicyclic) bond motifs is 1. The van der Waals surface area contributed by atoms with E-state index in [4.69, 9.17) is 0 Å². The average molecular weight is 465 g/mol. The van der Waals surface area contributed by atoms with Gasteiger partial charge in [-0.15, -0.1) is 0 Å². The fraction of sp³-hybridized carbons (Fsp3) is 0.462. The fourth-order valence-corrected chi connectivity index (χ4v) is 3.71. The number of nitrogens with zero attached hydrogens (tertiary/aromatic N) is 1. The zero-order valence-electron chi connectivity index (χ0n) is 13.5. The highest BCUT2D eigenvalue weighted by Crippen LogP contribution is 2.72. The maximum atomic E-state index is 12.1. The summed E-state index contributed by atoms with van der Waals surface area (Å²) in [5.74, 6) is 0. The SMILES string of the molecule is CC[n+]1csc2ccccc21.O=P([O-])(C(F)(F)C(F)(F)F)C(F)(F)C(F)(F)F. The number of alkyl halides is 10. The van der Waals surface area contributed by atoms with Crippen molar-refractivity contribution in [1.29, 1.82) is 0 Å². The van der Waals surface area contributed by atoms with E-state index in [0.29, 0.717) is 0 Å². The lowest BCUT2D eigenvalue weighted by Crippen LogP contribution is -2.50. The lowest BCUT2D eigenvalue weighted by atomic mass is 10.3. The first-order valence-electron chi connectivity index (χ1n) is 6.97. The van der Waals surface area contributed by atoms with Gasteiger partial charge in [-0.2, -0.15) is 48.5 Å². The van der Waals surface area contributed by atoms with Gasteiger partial charge in [0.2, 0.25) is 11.0 Å². The molecule has 0 N–H and O–H groups in total. The average Bonchev–Trinajstić information content (AvgIpc) is 2.96. The highest BCUT2D eigenvalue weighted by atomic mass is 32.1. The van der Waals surface area contributed by atoms with Gasteiger partial charge in [-0.1, -0.05) is 23.5 Å². The molecule has 0 aliphatic rings. The van der Waals surface area contributed by atoms with Crippen LogP contribution in [0.4, 0.5) is 43.9 Å². The Morgan fingerprint density at radius 2 is 1.36 bits per heavy atom. The predicted molar refractivity (Wildman–Crippen MR) is 77.3 cm³/mol. The number of thiazole rings is 1. The van der Waals surface area contributed by atoms with E-state index < -0.39 is 31.0 Å². The van der Waals surface area contributed by atoms with Gasteiger partial charge in [-0.25, -0.2) is 0 Å². The summed E-state index contributed by atoms with van der Waals surface area (Å²) < 4.78 is 130. The van der Waals surface area contributed by atoms with Crippen molar-refractivity contribution in [3.63, 3.8) is 0 Å². The number of aromatic nitrogens is 1. The van der Waals surface area contributed by atoms with Gasteiger partial charge in [0.1, 0.15) is 11.2 Å². The van der Waals surface area contributed by atoms with E-state index in [2.05, 4.69) is 41.3 Å². The van der Waals surface area contributed by atoms with E-state index in [-0.39, 0.29) is 0 Å². The maximum Gasteiger partial charge on any atom is 0.459 e. The molecule has 0 aliphatic carbocycles. The summed E-state index contributed by atoms with van der Waals surface area (Å²) in [6, 6.07) is 8.49. The van der Waals surface area contributed by atoms with Crippen LogP contribution < -0.4 is 9.46 Å². The molecule has 0 atom stereocenters. The molecule has 0 radical (unpaired) electrons. The second-order valence-electron chi connectivity index (χ2n) is 5.11. The minimum atomic E-state index is -8.51. The van der Waals surface area contributed by atoms with Gasteiger partial charge in [0.05, 0.1) is 0 Å². The molecule has 28 heavy (non-hydrogen) atoms. The van der Waals surface area contributed by atoms with Crippen molar-refractivity contribution < 1.29 is 57.9 Å². The minimum absolute atomic E-state index is 1.06. The van der Waals surface area contributed by atoms with Crippen LogP contribution >= 0.6 is 18.7 Å².